The average Bonchev–Trinajstić information content (AvgIpc) is 2.60. The fourth-order valence-electron chi connectivity index (χ4n) is 2.39. The van der Waals surface area contributed by atoms with E-state index in [1.807, 2.05) is 54.6 Å². The Balaban J connectivity index is 2.17. The molecule has 0 N–H and O–H groups in total. The summed E-state index contributed by atoms with van der Waals surface area (Å²) in [5, 5.41) is 9.56. The average molecular weight is 381 g/mol. The number of nitrogens with zero attached hydrogens (tertiary/aromatic N) is 2. The minimum atomic E-state index is -0.807. The molecule has 0 saturated heterocycles. The molecule has 5 heteroatoms. The molecule has 0 amide bonds. The zero-order valence-electron chi connectivity index (χ0n) is 12.9. The van der Waals surface area contributed by atoms with Crippen molar-refractivity contribution < 1.29 is 9.53 Å². The molecule has 0 fully saturated rings. The van der Waals surface area contributed by atoms with E-state index < -0.39 is 12.1 Å². The molecular weight excluding hydrogens is 368 g/mol. The van der Waals surface area contributed by atoms with Gasteiger partial charge in [-0.15, -0.1) is 0 Å². The number of halogens is 1. The molecular formula is C19H13BrN2O2. The molecule has 0 bridgehead atoms. The molecule has 1 heterocycles. The molecule has 4 nitrogen and oxygen atoms in total. The minimum Gasteiger partial charge on any atom is -0.444 e. The molecule has 0 aliphatic carbocycles. The highest BCUT2D eigenvalue weighted by Crippen LogP contribution is 2.27. The Hall–Kier alpha value is -2.71. The van der Waals surface area contributed by atoms with Crippen molar-refractivity contribution in [2.24, 2.45) is 0 Å². The summed E-state index contributed by atoms with van der Waals surface area (Å²) >= 11 is 3.44. The normalized spacial score (nSPS) is 11.7. The first-order chi connectivity index (χ1) is 11.6. The highest BCUT2D eigenvalue weighted by Gasteiger charge is 2.17. The first-order valence-corrected chi connectivity index (χ1v) is 8.14. The van der Waals surface area contributed by atoms with Crippen LogP contribution in [0.2, 0.25) is 0 Å². The lowest BCUT2D eigenvalue weighted by Gasteiger charge is -2.11. The number of aromatic nitrogens is 1. The Morgan fingerprint density at radius 3 is 2.75 bits per heavy atom. The molecule has 3 rings (SSSR count). The van der Waals surface area contributed by atoms with Gasteiger partial charge in [0.25, 0.3) is 0 Å². The molecule has 24 heavy (non-hydrogen) atoms. The lowest BCUT2D eigenvalue weighted by atomic mass is 10.0. The molecule has 1 atom stereocenters. The van der Waals surface area contributed by atoms with Crippen molar-refractivity contribution in [3.05, 3.63) is 64.6 Å². The zero-order chi connectivity index (χ0) is 17.1. The second-order valence-corrected chi connectivity index (χ2v) is 6.17. The molecule has 0 spiro atoms. The topological polar surface area (TPSA) is 63.0 Å². The maximum Gasteiger partial charge on any atom is 0.340 e. The van der Waals surface area contributed by atoms with Crippen molar-refractivity contribution in [1.29, 1.82) is 5.26 Å². The number of benzene rings is 2. The summed E-state index contributed by atoms with van der Waals surface area (Å²) in [6.07, 6.45) is -0.807. The van der Waals surface area contributed by atoms with E-state index >= 15 is 0 Å². The summed E-state index contributed by atoms with van der Waals surface area (Å²) in [4.78, 5) is 17.1. The van der Waals surface area contributed by atoms with E-state index in [0.717, 1.165) is 10.0 Å². The van der Waals surface area contributed by atoms with E-state index in [4.69, 9.17) is 10.00 Å². The molecule has 0 radical (unpaired) electrons. The number of carbonyl (C=O) groups excluding carboxylic acids is 1. The van der Waals surface area contributed by atoms with Crippen molar-refractivity contribution >= 4 is 32.8 Å². The van der Waals surface area contributed by atoms with E-state index in [2.05, 4.69) is 20.9 Å². The highest BCUT2D eigenvalue weighted by atomic mass is 79.9. The highest BCUT2D eigenvalue weighted by molar-refractivity contribution is 9.10. The van der Waals surface area contributed by atoms with Crippen LogP contribution >= 0.6 is 15.9 Å². The van der Waals surface area contributed by atoms with Gasteiger partial charge in [-0.25, -0.2) is 9.78 Å². The van der Waals surface area contributed by atoms with Crippen molar-refractivity contribution in [3.63, 3.8) is 0 Å². The predicted molar refractivity (Wildman–Crippen MR) is 95.4 cm³/mol. The molecule has 3 aromatic rings. The molecule has 0 unspecified atom stereocenters. The number of carbonyl (C=O) groups is 1. The Labute approximate surface area is 147 Å². The number of nitriles is 1. The third-order valence-corrected chi connectivity index (χ3v) is 4.02. The predicted octanol–water partition coefficient (Wildman–Crippen LogP) is 4.73. The zero-order valence-corrected chi connectivity index (χ0v) is 14.4. The summed E-state index contributed by atoms with van der Waals surface area (Å²) in [5.41, 5.74) is 2.66. The molecule has 1 aromatic heterocycles. The van der Waals surface area contributed by atoms with Gasteiger partial charge in [0, 0.05) is 15.4 Å². The van der Waals surface area contributed by atoms with Crippen molar-refractivity contribution in [1.82, 2.24) is 4.98 Å². The van der Waals surface area contributed by atoms with Crippen LogP contribution in [0, 0.1) is 11.3 Å². The van der Waals surface area contributed by atoms with E-state index in [0.29, 0.717) is 22.2 Å². The smallest absolute Gasteiger partial charge is 0.340 e. The van der Waals surface area contributed by atoms with Gasteiger partial charge in [0.15, 0.2) is 6.10 Å². The van der Waals surface area contributed by atoms with Crippen LogP contribution in [0.1, 0.15) is 17.3 Å². The number of ether oxygens (including phenoxy) is 1. The van der Waals surface area contributed by atoms with Crippen molar-refractivity contribution in [3.8, 4) is 17.3 Å². The number of hydrogen-bond acceptors (Lipinski definition) is 4. The van der Waals surface area contributed by atoms with Crippen LogP contribution in [0.3, 0.4) is 0 Å². The second-order valence-electron chi connectivity index (χ2n) is 5.26. The molecule has 118 valence electrons. The van der Waals surface area contributed by atoms with Gasteiger partial charge in [-0.1, -0.05) is 46.3 Å². The number of fused-ring (bicyclic) bond motifs is 1. The number of hydrogen-bond donors (Lipinski definition) is 0. The van der Waals surface area contributed by atoms with Crippen LogP contribution in [-0.2, 0) is 4.74 Å². The van der Waals surface area contributed by atoms with Crippen LogP contribution in [0.25, 0.3) is 22.2 Å². The van der Waals surface area contributed by atoms with Gasteiger partial charge < -0.3 is 4.74 Å². The van der Waals surface area contributed by atoms with Crippen molar-refractivity contribution in [2.45, 2.75) is 13.0 Å². The van der Waals surface area contributed by atoms with Crippen molar-refractivity contribution in [2.75, 3.05) is 0 Å². The van der Waals surface area contributed by atoms with E-state index in [9.17, 15) is 4.79 Å². The fraction of sp³-hybridized carbons (Fsp3) is 0.105. The monoisotopic (exact) mass is 380 g/mol. The summed E-state index contributed by atoms with van der Waals surface area (Å²) < 4.78 is 6.10. The summed E-state index contributed by atoms with van der Waals surface area (Å²) in [6, 6.07) is 18.7. The second kappa shape index (κ2) is 6.81. The van der Waals surface area contributed by atoms with Gasteiger partial charge in [0.2, 0.25) is 0 Å². The van der Waals surface area contributed by atoms with Gasteiger partial charge >= 0.3 is 5.97 Å². The van der Waals surface area contributed by atoms with Crippen LogP contribution < -0.4 is 0 Å². The lowest BCUT2D eigenvalue weighted by Crippen LogP contribution is -2.14. The maximum atomic E-state index is 12.5. The van der Waals surface area contributed by atoms with Gasteiger partial charge in [0.05, 0.1) is 16.8 Å². The molecule has 0 saturated carbocycles. The van der Waals surface area contributed by atoms with Gasteiger partial charge in [-0.2, -0.15) is 5.26 Å². The first kappa shape index (κ1) is 16.2. The fourth-order valence-corrected chi connectivity index (χ4v) is 2.79. The minimum absolute atomic E-state index is 0.401. The lowest BCUT2D eigenvalue weighted by molar-refractivity contribution is 0.0438. The summed E-state index contributed by atoms with van der Waals surface area (Å²) in [7, 11) is 0. The maximum absolute atomic E-state index is 12.5. The van der Waals surface area contributed by atoms with Crippen LogP contribution in [0.5, 0.6) is 0 Å². The van der Waals surface area contributed by atoms with Crippen LogP contribution in [0.15, 0.2) is 59.1 Å². The van der Waals surface area contributed by atoms with Crippen LogP contribution in [-0.4, -0.2) is 17.1 Å². The summed E-state index contributed by atoms with van der Waals surface area (Å²) in [6.45, 7) is 1.54. The summed E-state index contributed by atoms with van der Waals surface area (Å²) in [5.74, 6) is -0.529. The number of esters is 1. The van der Waals surface area contributed by atoms with Gasteiger partial charge in [-0.3, -0.25) is 0 Å². The quantitative estimate of drug-likeness (QED) is 0.615. The number of pyridine rings is 1. The first-order valence-electron chi connectivity index (χ1n) is 7.35. The Morgan fingerprint density at radius 2 is 2.00 bits per heavy atom. The van der Waals surface area contributed by atoms with E-state index in [-0.39, 0.29) is 0 Å². The van der Waals surface area contributed by atoms with E-state index in [1.54, 1.807) is 6.07 Å². The molecule has 0 aliphatic heterocycles. The number of rotatable bonds is 3. The standard InChI is InChI=1S/C19H13BrN2O2/c1-12(11-21)24-19(23)16-10-18(13-5-4-6-14(20)9-13)22-17-8-3-2-7-15(16)17/h2-10,12H,1H3/t12-/m0/s1. The Bertz CT molecular complexity index is 963. The third kappa shape index (κ3) is 3.29. The van der Waals surface area contributed by atoms with Crippen LogP contribution in [0.4, 0.5) is 0 Å². The molecule has 2 aromatic carbocycles. The third-order valence-electron chi connectivity index (χ3n) is 3.52. The Kier molecular flexibility index (Phi) is 4.59. The molecule has 0 aliphatic rings. The number of para-hydroxylation sites is 1. The van der Waals surface area contributed by atoms with Gasteiger partial charge in [-0.05, 0) is 31.2 Å². The largest absolute Gasteiger partial charge is 0.444 e. The Morgan fingerprint density at radius 1 is 1.21 bits per heavy atom. The van der Waals surface area contributed by atoms with E-state index in [1.165, 1.54) is 6.92 Å². The SMILES string of the molecule is C[C@@H](C#N)OC(=O)c1cc(-c2cccc(Br)c2)nc2ccccc12. The van der Waals surface area contributed by atoms with Gasteiger partial charge in [0.1, 0.15) is 6.07 Å².